The van der Waals surface area contributed by atoms with Gasteiger partial charge >= 0.3 is 0 Å². The molecule has 108 valence electrons. The summed E-state index contributed by atoms with van der Waals surface area (Å²) in [5.41, 5.74) is 1.12. The summed E-state index contributed by atoms with van der Waals surface area (Å²) in [5.74, 6) is 2.79. The van der Waals surface area contributed by atoms with Crippen LogP contribution in [0.3, 0.4) is 0 Å². The first-order valence-electron chi connectivity index (χ1n) is 6.92. The van der Waals surface area contributed by atoms with Crippen LogP contribution < -0.4 is 10.2 Å². The lowest BCUT2D eigenvalue weighted by molar-refractivity contribution is 0.400. The van der Waals surface area contributed by atoms with Crippen LogP contribution in [-0.4, -0.2) is 55.6 Å². The van der Waals surface area contributed by atoms with Gasteiger partial charge in [0.05, 0.1) is 0 Å². The van der Waals surface area contributed by atoms with Crippen molar-refractivity contribution in [2.45, 2.75) is 27.2 Å². The minimum atomic E-state index is 0.816. The van der Waals surface area contributed by atoms with E-state index in [-0.39, 0.29) is 0 Å². The fraction of sp³-hybridized carbons (Fsp3) is 0.714. The number of nitrogens with one attached hydrogen (secondary N) is 1. The van der Waals surface area contributed by atoms with Gasteiger partial charge in [-0.2, -0.15) is 0 Å². The highest BCUT2D eigenvalue weighted by atomic mass is 15.2. The molecular formula is C14H27N5. The zero-order valence-electron chi connectivity index (χ0n) is 13.1. The molecule has 0 radical (unpaired) electrons. The Morgan fingerprint density at radius 3 is 2.32 bits per heavy atom. The van der Waals surface area contributed by atoms with E-state index in [4.69, 9.17) is 0 Å². The van der Waals surface area contributed by atoms with Crippen LogP contribution in [0.4, 0.5) is 11.6 Å². The first kappa shape index (κ1) is 15.7. The molecule has 1 aromatic heterocycles. The lowest BCUT2D eigenvalue weighted by Crippen LogP contribution is -2.29. The Labute approximate surface area is 117 Å². The van der Waals surface area contributed by atoms with E-state index in [0.29, 0.717) is 0 Å². The van der Waals surface area contributed by atoms with E-state index >= 15 is 0 Å². The Balaban J connectivity index is 2.88. The summed E-state index contributed by atoms with van der Waals surface area (Å²) in [7, 11) is 6.12. The molecule has 0 amide bonds. The van der Waals surface area contributed by atoms with E-state index < -0.39 is 0 Å². The minimum Gasteiger partial charge on any atom is -0.373 e. The Bertz CT molecular complexity index is 403. The topological polar surface area (TPSA) is 44.3 Å². The normalized spacial score (nSPS) is 10.9. The SMILES string of the molecule is CCN(CCCN(C)C)c1nc(C)nc(NC)c1C. The monoisotopic (exact) mass is 265 g/mol. The molecule has 5 heteroatoms. The smallest absolute Gasteiger partial charge is 0.137 e. The predicted octanol–water partition coefficient (Wildman–Crippen LogP) is 1.91. The van der Waals surface area contributed by atoms with Crippen LogP contribution in [0.1, 0.15) is 24.7 Å². The van der Waals surface area contributed by atoms with Crippen molar-refractivity contribution in [3.63, 3.8) is 0 Å². The van der Waals surface area contributed by atoms with Crippen LogP contribution in [0.15, 0.2) is 0 Å². The van der Waals surface area contributed by atoms with Crippen LogP contribution in [0.2, 0.25) is 0 Å². The van der Waals surface area contributed by atoms with Crippen molar-refractivity contribution in [2.24, 2.45) is 0 Å². The zero-order valence-corrected chi connectivity index (χ0v) is 13.1. The molecule has 0 fully saturated rings. The van der Waals surface area contributed by atoms with E-state index in [1.165, 1.54) is 0 Å². The van der Waals surface area contributed by atoms with Crippen molar-refractivity contribution in [2.75, 3.05) is 51.0 Å². The van der Waals surface area contributed by atoms with Gasteiger partial charge in [0.2, 0.25) is 0 Å². The lowest BCUT2D eigenvalue weighted by Gasteiger charge is -2.25. The van der Waals surface area contributed by atoms with Gasteiger partial charge in [0, 0.05) is 25.7 Å². The third-order valence-corrected chi connectivity index (χ3v) is 3.18. The van der Waals surface area contributed by atoms with Crippen LogP contribution in [0.5, 0.6) is 0 Å². The number of aromatic nitrogens is 2. The van der Waals surface area contributed by atoms with Crippen molar-refractivity contribution < 1.29 is 0 Å². The highest BCUT2D eigenvalue weighted by molar-refractivity contribution is 5.58. The van der Waals surface area contributed by atoms with Gasteiger partial charge in [-0.1, -0.05) is 0 Å². The molecule has 5 nitrogen and oxygen atoms in total. The van der Waals surface area contributed by atoms with Gasteiger partial charge in [-0.05, 0) is 47.8 Å². The summed E-state index contributed by atoms with van der Waals surface area (Å²) in [5, 5.41) is 3.14. The van der Waals surface area contributed by atoms with Gasteiger partial charge in [-0.15, -0.1) is 0 Å². The minimum absolute atomic E-state index is 0.816. The third-order valence-electron chi connectivity index (χ3n) is 3.18. The van der Waals surface area contributed by atoms with Crippen LogP contribution in [0.25, 0.3) is 0 Å². The lowest BCUT2D eigenvalue weighted by atomic mass is 10.2. The molecule has 0 bridgehead atoms. The second-order valence-electron chi connectivity index (χ2n) is 5.05. The summed E-state index contributed by atoms with van der Waals surface area (Å²) in [6.07, 6.45) is 1.14. The number of hydrogen-bond acceptors (Lipinski definition) is 5. The maximum absolute atomic E-state index is 4.61. The third kappa shape index (κ3) is 4.35. The molecule has 1 heterocycles. The molecule has 0 aliphatic carbocycles. The maximum atomic E-state index is 4.61. The molecule has 0 unspecified atom stereocenters. The highest BCUT2D eigenvalue weighted by Crippen LogP contribution is 2.23. The van der Waals surface area contributed by atoms with E-state index in [0.717, 1.165) is 49.1 Å². The first-order valence-corrected chi connectivity index (χ1v) is 6.92. The standard InChI is InChI=1S/C14H27N5/c1-7-19(10-8-9-18(5)6)14-11(2)13(15-4)16-12(3)17-14/h7-10H2,1-6H3,(H,15,16,17). The number of anilines is 2. The van der Waals surface area contributed by atoms with Gasteiger partial charge in [0.1, 0.15) is 17.5 Å². The van der Waals surface area contributed by atoms with Crippen LogP contribution in [0, 0.1) is 13.8 Å². The van der Waals surface area contributed by atoms with Gasteiger partial charge in [-0.3, -0.25) is 0 Å². The molecule has 19 heavy (non-hydrogen) atoms. The summed E-state index contributed by atoms with van der Waals surface area (Å²) in [6.45, 7) is 9.28. The fourth-order valence-corrected chi connectivity index (χ4v) is 2.16. The second kappa shape index (κ2) is 7.28. The van der Waals surface area contributed by atoms with Crippen molar-refractivity contribution in [3.8, 4) is 0 Å². The zero-order chi connectivity index (χ0) is 14.4. The van der Waals surface area contributed by atoms with E-state index in [9.17, 15) is 0 Å². The summed E-state index contributed by atoms with van der Waals surface area (Å²) >= 11 is 0. The molecule has 0 spiro atoms. The summed E-state index contributed by atoms with van der Waals surface area (Å²) in [4.78, 5) is 13.6. The molecule has 0 saturated heterocycles. The quantitative estimate of drug-likeness (QED) is 0.816. The van der Waals surface area contributed by atoms with E-state index in [2.05, 4.69) is 53.0 Å². The maximum Gasteiger partial charge on any atom is 0.137 e. The van der Waals surface area contributed by atoms with Gasteiger partial charge in [-0.25, -0.2) is 9.97 Å². The molecule has 1 aromatic rings. The molecule has 0 aliphatic rings. The molecule has 1 N–H and O–H groups in total. The van der Waals surface area contributed by atoms with Crippen molar-refractivity contribution in [1.29, 1.82) is 0 Å². The number of aryl methyl sites for hydroxylation is 1. The highest BCUT2D eigenvalue weighted by Gasteiger charge is 2.13. The van der Waals surface area contributed by atoms with Crippen molar-refractivity contribution in [1.82, 2.24) is 14.9 Å². The fourth-order valence-electron chi connectivity index (χ4n) is 2.16. The van der Waals surface area contributed by atoms with Crippen LogP contribution in [-0.2, 0) is 0 Å². The Kier molecular flexibility index (Phi) is 6.02. The Morgan fingerprint density at radius 2 is 1.79 bits per heavy atom. The average molecular weight is 265 g/mol. The molecule has 0 aliphatic heterocycles. The average Bonchev–Trinajstić information content (AvgIpc) is 2.37. The largest absolute Gasteiger partial charge is 0.373 e. The van der Waals surface area contributed by atoms with Gasteiger partial charge in [0.25, 0.3) is 0 Å². The Morgan fingerprint density at radius 1 is 1.11 bits per heavy atom. The Hall–Kier alpha value is -1.36. The van der Waals surface area contributed by atoms with Gasteiger partial charge in [0.15, 0.2) is 0 Å². The molecule has 0 saturated carbocycles. The summed E-state index contributed by atoms with van der Waals surface area (Å²) < 4.78 is 0. The predicted molar refractivity (Wildman–Crippen MR) is 82.1 cm³/mol. The molecule has 0 aromatic carbocycles. The molecular weight excluding hydrogens is 238 g/mol. The van der Waals surface area contributed by atoms with Gasteiger partial charge < -0.3 is 15.1 Å². The molecule has 0 atom stereocenters. The number of rotatable bonds is 7. The van der Waals surface area contributed by atoms with E-state index in [1.54, 1.807) is 0 Å². The summed E-state index contributed by atoms with van der Waals surface area (Å²) in [6, 6.07) is 0. The van der Waals surface area contributed by atoms with Crippen LogP contribution >= 0.6 is 0 Å². The van der Waals surface area contributed by atoms with Crippen molar-refractivity contribution in [3.05, 3.63) is 11.4 Å². The van der Waals surface area contributed by atoms with Crippen molar-refractivity contribution >= 4 is 11.6 Å². The number of nitrogens with zero attached hydrogens (tertiary/aromatic N) is 4. The number of hydrogen-bond donors (Lipinski definition) is 1. The molecule has 1 rings (SSSR count). The second-order valence-corrected chi connectivity index (χ2v) is 5.05. The first-order chi connectivity index (χ1) is 8.99. The van der Waals surface area contributed by atoms with E-state index in [1.807, 2.05) is 14.0 Å².